The van der Waals surface area contributed by atoms with Gasteiger partial charge in [0.15, 0.2) is 0 Å². The highest BCUT2D eigenvalue weighted by Crippen LogP contribution is 2.45. The number of unbranched alkanes of at least 4 members (excludes halogenated alkanes) is 1. The van der Waals surface area contributed by atoms with Crippen LogP contribution in [0.5, 0.6) is 5.75 Å². The molecule has 0 radical (unpaired) electrons. The Balaban J connectivity index is 2.04. The number of hydrogen-bond donors (Lipinski definition) is 0. The number of fused-ring (bicyclic) bond motifs is 1. The van der Waals surface area contributed by atoms with E-state index in [1.54, 1.807) is 7.11 Å². The largest absolute Gasteiger partial charge is 0.497 e. The average molecular weight is 354 g/mol. The molecule has 140 valence electrons. The lowest BCUT2D eigenvalue weighted by Gasteiger charge is -2.47. The first-order chi connectivity index (χ1) is 12.7. The second-order valence-corrected chi connectivity index (χ2v) is 7.76. The van der Waals surface area contributed by atoms with Crippen LogP contribution in [-0.2, 0) is 11.2 Å². The number of terminal acetylenes is 1. The average Bonchev–Trinajstić information content (AvgIpc) is 2.70. The third kappa shape index (κ3) is 3.75. The lowest BCUT2D eigenvalue weighted by molar-refractivity contribution is -0.133. The molecule has 0 unspecified atom stereocenters. The predicted molar refractivity (Wildman–Crippen MR) is 105 cm³/mol. The fourth-order valence-electron chi connectivity index (χ4n) is 4.88. The third-order valence-electron chi connectivity index (χ3n) is 6.16. The molecule has 1 heterocycles. The SMILES string of the molecule is C#CC(=O)N1[C@@H](CCCC)Cc2cc(OC)ccc2[C@@H]1C1CCCCC1. The fourth-order valence-corrected chi connectivity index (χ4v) is 4.88. The molecule has 1 saturated carbocycles. The smallest absolute Gasteiger partial charge is 0.298 e. The van der Waals surface area contributed by atoms with Crippen LogP contribution in [0.4, 0.5) is 0 Å². The van der Waals surface area contributed by atoms with Crippen molar-refractivity contribution in [2.24, 2.45) is 5.92 Å². The first kappa shape index (κ1) is 18.8. The molecule has 3 rings (SSSR count). The van der Waals surface area contributed by atoms with E-state index in [0.29, 0.717) is 5.92 Å². The van der Waals surface area contributed by atoms with Gasteiger partial charge in [-0.2, -0.15) is 0 Å². The molecule has 0 bridgehead atoms. The summed E-state index contributed by atoms with van der Waals surface area (Å²) in [4.78, 5) is 14.9. The Hall–Kier alpha value is -1.95. The van der Waals surface area contributed by atoms with Gasteiger partial charge in [-0.1, -0.05) is 45.1 Å². The fraction of sp³-hybridized carbons (Fsp3) is 0.609. The zero-order valence-corrected chi connectivity index (χ0v) is 16.2. The van der Waals surface area contributed by atoms with Crippen molar-refractivity contribution in [1.29, 1.82) is 0 Å². The van der Waals surface area contributed by atoms with Gasteiger partial charge < -0.3 is 9.64 Å². The maximum absolute atomic E-state index is 12.8. The minimum atomic E-state index is -0.136. The number of amides is 1. The van der Waals surface area contributed by atoms with Crippen molar-refractivity contribution in [3.05, 3.63) is 29.3 Å². The Kier molecular flexibility index (Phi) is 6.25. The molecule has 1 amide bonds. The molecule has 1 aromatic rings. The second kappa shape index (κ2) is 8.62. The molecular weight excluding hydrogens is 322 g/mol. The van der Waals surface area contributed by atoms with E-state index in [4.69, 9.17) is 11.2 Å². The number of methoxy groups -OCH3 is 1. The van der Waals surface area contributed by atoms with E-state index in [-0.39, 0.29) is 18.0 Å². The Morgan fingerprint density at radius 2 is 2.08 bits per heavy atom. The van der Waals surface area contributed by atoms with Crippen molar-refractivity contribution < 1.29 is 9.53 Å². The Morgan fingerprint density at radius 1 is 1.31 bits per heavy atom. The van der Waals surface area contributed by atoms with Crippen LogP contribution in [-0.4, -0.2) is 24.0 Å². The zero-order chi connectivity index (χ0) is 18.5. The van der Waals surface area contributed by atoms with Crippen LogP contribution in [0.15, 0.2) is 18.2 Å². The number of nitrogens with zero attached hydrogens (tertiary/aromatic N) is 1. The third-order valence-corrected chi connectivity index (χ3v) is 6.16. The standard InChI is InChI=1S/C23H31NO2/c1-4-6-12-19-15-18-16-20(26-3)13-14-21(18)23(24(19)22(25)5-2)17-10-8-7-9-11-17/h2,13-14,16-17,19,23H,4,6-12,15H2,1,3H3/t19-,23-/m0/s1. The van der Waals surface area contributed by atoms with Gasteiger partial charge in [-0.3, -0.25) is 4.79 Å². The summed E-state index contributed by atoms with van der Waals surface area (Å²) < 4.78 is 5.46. The van der Waals surface area contributed by atoms with E-state index >= 15 is 0 Å². The first-order valence-corrected chi connectivity index (χ1v) is 10.1. The summed E-state index contributed by atoms with van der Waals surface area (Å²) in [6.45, 7) is 2.20. The maximum Gasteiger partial charge on any atom is 0.298 e. The Morgan fingerprint density at radius 3 is 2.73 bits per heavy atom. The molecular formula is C23H31NO2. The number of ether oxygens (including phenoxy) is 1. The zero-order valence-electron chi connectivity index (χ0n) is 16.2. The number of carbonyl (C=O) groups is 1. The molecule has 1 fully saturated rings. The van der Waals surface area contributed by atoms with Crippen LogP contribution in [0.1, 0.15) is 75.5 Å². The molecule has 0 N–H and O–H groups in total. The summed E-state index contributed by atoms with van der Waals surface area (Å²) in [5.74, 6) is 3.70. The minimum Gasteiger partial charge on any atom is -0.497 e. The van der Waals surface area contributed by atoms with Crippen LogP contribution in [0, 0.1) is 18.3 Å². The second-order valence-electron chi connectivity index (χ2n) is 7.76. The molecule has 3 heteroatoms. The van der Waals surface area contributed by atoms with E-state index in [1.165, 1.54) is 43.2 Å². The van der Waals surface area contributed by atoms with Gasteiger partial charge in [0.25, 0.3) is 5.91 Å². The van der Waals surface area contributed by atoms with Crippen molar-refractivity contribution in [3.8, 4) is 18.1 Å². The Bertz CT molecular complexity index is 669. The summed E-state index contributed by atoms with van der Waals surface area (Å²) in [6, 6.07) is 6.68. The summed E-state index contributed by atoms with van der Waals surface area (Å²) in [7, 11) is 1.71. The summed E-state index contributed by atoms with van der Waals surface area (Å²) in [5, 5.41) is 0. The molecule has 1 aliphatic heterocycles. The quantitative estimate of drug-likeness (QED) is 0.705. The highest BCUT2D eigenvalue weighted by molar-refractivity contribution is 5.93. The van der Waals surface area contributed by atoms with Crippen molar-refractivity contribution in [1.82, 2.24) is 4.90 Å². The van der Waals surface area contributed by atoms with E-state index in [2.05, 4.69) is 29.9 Å². The Labute approximate surface area is 158 Å². The summed E-state index contributed by atoms with van der Waals surface area (Å²) in [6.07, 6.45) is 15.9. The lowest BCUT2D eigenvalue weighted by Crippen LogP contribution is -2.49. The summed E-state index contributed by atoms with van der Waals surface area (Å²) >= 11 is 0. The molecule has 26 heavy (non-hydrogen) atoms. The van der Waals surface area contributed by atoms with Gasteiger partial charge in [-0.15, -0.1) is 6.42 Å². The molecule has 2 atom stereocenters. The van der Waals surface area contributed by atoms with Crippen molar-refractivity contribution >= 4 is 5.91 Å². The molecule has 0 spiro atoms. The number of benzene rings is 1. The molecule has 0 saturated heterocycles. The number of hydrogen-bond acceptors (Lipinski definition) is 2. The van der Waals surface area contributed by atoms with Crippen LogP contribution in [0.25, 0.3) is 0 Å². The topological polar surface area (TPSA) is 29.5 Å². The normalized spacial score (nSPS) is 23.2. The van der Waals surface area contributed by atoms with Gasteiger partial charge in [0.2, 0.25) is 0 Å². The van der Waals surface area contributed by atoms with Crippen molar-refractivity contribution in [2.45, 2.75) is 76.8 Å². The molecule has 3 nitrogen and oxygen atoms in total. The van der Waals surface area contributed by atoms with Crippen LogP contribution >= 0.6 is 0 Å². The number of rotatable bonds is 5. The summed E-state index contributed by atoms with van der Waals surface area (Å²) in [5.41, 5.74) is 2.62. The van der Waals surface area contributed by atoms with E-state index < -0.39 is 0 Å². The van der Waals surface area contributed by atoms with Crippen molar-refractivity contribution in [2.75, 3.05) is 7.11 Å². The van der Waals surface area contributed by atoms with Crippen LogP contribution in [0.2, 0.25) is 0 Å². The minimum absolute atomic E-state index is 0.121. The highest BCUT2D eigenvalue weighted by Gasteiger charge is 2.41. The van der Waals surface area contributed by atoms with E-state index in [0.717, 1.165) is 31.4 Å². The van der Waals surface area contributed by atoms with Gasteiger partial charge >= 0.3 is 0 Å². The molecule has 2 aliphatic rings. The van der Waals surface area contributed by atoms with E-state index in [9.17, 15) is 4.79 Å². The van der Waals surface area contributed by atoms with Gasteiger partial charge in [-0.05, 0) is 60.8 Å². The molecule has 0 aromatic heterocycles. The monoisotopic (exact) mass is 353 g/mol. The number of carbonyl (C=O) groups excluding carboxylic acids is 1. The lowest BCUT2D eigenvalue weighted by atomic mass is 9.75. The van der Waals surface area contributed by atoms with E-state index in [1.807, 2.05) is 6.07 Å². The van der Waals surface area contributed by atoms with Gasteiger partial charge in [-0.25, -0.2) is 0 Å². The van der Waals surface area contributed by atoms with Gasteiger partial charge in [0.1, 0.15) is 5.75 Å². The predicted octanol–water partition coefficient (Wildman–Crippen LogP) is 4.89. The highest BCUT2D eigenvalue weighted by atomic mass is 16.5. The van der Waals surface area contributed by atoms with Crippen molar-refractivity contribution in [3.63, 3.8) is 0 Å². The van der Waals surface area contributed by atoms with Crippen LogP contribution in [0.3, 0.4) is 0 Å². The molecule has 1 aliphatic carbocycles. The molecule has 1 aromatic carbocycles. The van der Waals surface area contributed by atoms with Gasteiger partial charge in [0.05, 0.1) is 13.2 Å². The van der Waals surface area contributed by atoms with Gasteiger partial charge in [0, 0.05) is 6.04 Å². The van der Waals surface area contributed by atoms with Crippen LogP contribution < -0.4 is 4.74 Å². The maximum atomic E-state index is 12.8. The first-order valence-electron chi connectivity index (χ1n) is 10.1.